The number of fused-ring (bicyclic) bond motifs is 1. The summed E-state index contributed by atoms with van der Waals surface area (Å²) in [6.45, 7) is 0. The molecule has 0 unspecified atom stereocenters. The summed E-state index contributed by atoms with van der Waals surface area (Å²) in [4.78, 5) is 25.9. The van der Waals surface area contributed by atoms with Gasteiger partial charge in [-0.3, -0.25) is 4.79 Å². The second kappa shape index (κ2) is 2.62. The zero-order chi connectivity index (χ0) is 10.3. The van der Waals surface area contributed by atoms with Gasteiger partial charge >= 0.3 is 5.69 Å². The van der Waals surface area contributed by atoms with Crippen LogP contribution in [0.3, 0.4) is 0 Å². The van der Waals surface area contributed by atoms with E-state index < -0.39 is 11.6 Å². The number of nitrogens with two attached hydrogens (primary N) is 1. The minimum atomic E-state index is -0.741. The van der Waals surface area contributed by atoms with Gasteiger partial charge in [-0.1, -0.05) is 5.21 Å². The molecule has 72 valence electrons. The fourth-order valence-corrected chi connectivity index (χ4v) is 1.05. The number of carbonyl (C=O) groups excluding carboxylic acids is 1. The van der Waals surface area contributed by atoms with Crippen molar-refractivity contribution in [2.75, 3.05) is 0 Å². The normalized spacial score (nSPS) is 10.6. The molecule has 0 saturated carbocycles. The van der Waals surface area contributed by atoms with Gasteiger partial charge in [-0.2, -0.15) is 4.68 Å². The number of rotatable bonds is 1. The Morgan fingerprint density at radius 2 is 2.29 bits per heavy atom. The maximum atomic E-state index is 11.4. The second-order valence-corrected chi connectivity index (χ2v) is 2.65. The second-order valence-electron chi connectivity index (χ2n) is 2.65. The van der Waals surface area contributed by atoms with Crippen LogP contribution in [-0.2, 0) is 7.05 Å². The van der Waals surface area contributed by atoms with E-state index in [4.69, 9.17) is 5.73 Å². The molecule has 0 aliphatic rings. The third-order valence-corrected chi connectivity index (χ3v) is 1.73. The number of nitrogens with zero attached hydrogens (tertiary/aromatic N) is 5. The number of carbonyl (C=O) groups is 1. The summed E-state index contributed by atoms with van der Waals surface area (Å²) >= 11 is 0. The quantitative estimate of drug-likeness (QED) is 0.559. The van der Waals surface area contributed by atoms with Crippen LogP contribution in [0.1, 0.15) is 10.5 Å². The zero-order valence-electron chi connectivity index (χ0n) is 7.21. The average molecular weight is 193 g/mol. The van der Waals surface area contributed by atoms with Gasteiger partial charge in [-0.25, -0.2) is 14.2 Å². The van der Waals surface area contributed by atoms with Crippen molar-refractivity contribution in [3.05, 3.63) is 22.5 Å². The summed E-state index contributed by atoms with van der Waals surface area (Å²) in [5.74, 6) is -0.741. The van der Waals surface area contributed by atoms with Crippen molar-refractivity contribution in [1.82, 2.24) is 24.4 Å². The number of imidazole rings is 1. The van der Waals surface area contributed by atoms with E-state index in [-0.39, 0.29) is 11.3 Å². The average Bonchev–Trinajstić information content (AvgIpc) is 2.55. The van der Waals surface area contributed by atoms with Crippen molar-refractivity contribution in [3.8, 4) is 0 Å². The molecule has 14 heavy (non-hydrogen) atoms. The largest absolute Gasteiger partial charge is 0.364 e. The van der Waals surface area contributed by atoms with Crippen molar-refractivity contribution < 1.29 is 4.79 Å². The number of aryl methyl sites for hydroxylation is 1. The molecule has 2 aromatic heterocycles. The Morgan fingerprint density at radius 1 is 1.57 bits per heavy atom. The molecule has 2 N–H and O–H groups in total. The highest BCUT2D eigenvalue weighted by Crippen LogP contribution is 2.00. The van der Waals surface area contributed by atoms with Gasteiger partial charge in [0.2, 0.25) is 0 Å². The van der Waals surface area contributed by atoms with Crippen LogP contribution in [0.5, 0.6) is 0 Å². The summed E-state index contributed by atoms with van der Waals surface area (Å²) in [6.07, 6.45) is 1.19. The lowest BCUT2D eigenvalue weighted by atomic mass is 10.4. The van der Waals surface area contributed by atoms with Gasteiger partial charge in [0.1, 0.15) is 6.33 Å². The Balaban J connectivity index is 2.91. The van der Waals surface area contributed by atoms with Crippen LogP contribution < -0.4 is 11.4 Å². The number of hydrogen-bond donors (Lipinski definition) is 1. The molecule has 0 spiro atoms. The molecule has 0 aromatic carbocycles. The first-order chi connectivity index (χ1) is 6.61. The summed E-state index contributed by atoms with van der Waals surface area (Å²) in [5.41, 5.74) is 4.60. The number of hydrogen-bond acceptors (Lipinski definition) is 5. The van der Waals surface area contributed by atoms with Crippen molar-refractivity contribution in [2.45, 2.75) is 0 Å². The van der Waals surface area contributed by atoms with E-state index in [0.29, 0.717) is 0 Å². The molecule has 0 saturated heterocycles. The van der Waals surface area contributed by atoms with Crippen LogP contribution in [0.4, 0.5) is 0 Å². The lowest BCUT2D eigenvalue weighted by Gasteiger charge is -1.95. The summed E-state index contributed by atoms with van der Waals surface area (Å²) in [7, 11) is 1.44. The standard InChI is InChI=1S/C6H6N6O2/c1-11-6(14)12-2-8-3(4(7)13)5(12)9-10-11/h2H,1H3,(H2,7,13)/i6-1. The van der Waals surface area contributed by atoms with Crippen molar-refractivity contribution in [2.24, 2.45) is 12.8 Å². The van der Waals surface area contributed by atoms with E-state index in [2.05, 4.69) is 15.3 Å². The first-order valence-electron chi connectivity index (χ1n) is 3.68. The smallest absolute Gasteiger partial charge is 0.352 e. The van der Waals surface area contributed by atoms with Crippen molar-refractivity contribution in [3.63, 3.8) is 0 Å². The molecule has 2 aromatic rings. The van der Waals surface area contributed by atoms with Crippen LogP contribution >= 0.6 is 0 Å². The lowest BCUT2D eigenvalue weighted by molar-refractivity contribution is 0.0997. The number of amides is 1. The van der Waals surface area contributed by atoms with Crippen molar-refractivity contribution in [1.29, 1.82) is 0 Å². The van der Waals surface area contributed by atoms with E-state index in [9.17, 15) is 9.59 Å². The van der Waals surface area contributed by atoms with Gasteiger partial charge in [0, 0.05) is 7.05 Å². The SMILES string of the molecule is Cn1nnc2c(C(N)=O)ncn2[11c]1=O. The predicted octanol–water partition coefficient (Wildman–Crippen LogP) is -2.08. The van der Waals surface area contributed by atoms with Crippen molar-refractivity contribution >= 4 is 11.6 Å². The third kappa shape index (κ3) is 0.969. The minimum Gasteiger partial charge on any atom is -0.364 e. The minimum absolute atomic E-state index is 0.0600. The van der Waals surface area contributed by atoms with Gasteiger partial charge in [-0.05, 0) is 0 Å². The molecule has 2 rings (SSSR count). The Bertz CT molecular complexity index is 567. The third-order valence-electron chi connectivity index (χ3n) is 1.73. The van der Waals surface area contributed by atoms with Gasteiger partial charge in [0.05, 0.1) is 0 Å². The molecule has 0 aliphatic heterocycles. The highest BCUT2D eigenvalue weighted by atomic mass is 16.1. The highest BCUT2D eigenvalue weighted by Gasteiger charge is 2.13. The first-order valence-corrected chi connectivity index (χ1v) is 3.68. The van der Waals surface area contributed by atoms with Crippen LogP contribution in [0.2, 0.25) is 0 Å². The molecule has 0 aliphatic carbocycles. The van der Waals surface area contributed by atoms with Gasteiger partial charge < -0.3 is 5.73 Å². The first kappa shape index (κ1) is 8.35. The Labute approximate surface area is 77.0 Å². The monoisotopic (exact) mass is 193 g/mol. The molecular formula is C6H6N6O2. The van der Waals surface area contributed by atoms with Gasteiger partial charge in [-0.15, -0.1) is 5.10 Å². The fraction of sp³-hybridized carbons (Fsp3) is 0.167. The Kier molecular flexibility index (Phi) is 1.56. The summed E-state index contributed by atoms with van der Waals surface area (Å²) in [6, 6.07) is 0. The van der Waals surface area contributed by atoms with E-state index in [1.54, 1.807) is 0 Å². The predicted molar refractivity (Wildman–Crippen MR) is 44.5 cm³/mol. The van der Waals surface area contributed by atoms with Gasteiger partial charge in [0.25, 0.3) is 5.91 Å². The molecule has 2 heterocycles. The molecule has 1 amide bonds. The molecule has 0 fully saturated rings. The summed E-state index contributed by atoms with van der Waals surface area (Å²) in [5, 5.41) is 7.14. The topological polar surface area (TPSA) is 108 Å². The van der Waals surface area contributed by atoms with E-state index in [1.807, 2.05) is 0 Å². The van der Waals surface area contributed by atoms with Crippen LogP contribution in [-0.4, -0.2) is 30.3 Å². The summed E-state index contributed by atoms with van der Waals surface area (Å²) < 4.78 is 2.13. The number of primary amides is 1. The number of aromatic nitrogens is 5. The zero-order valence-corrected chi connectivity index (χ0v) is 7.21. The molecule has 0 radical (unpaired) electrons. The Morgan fingerprint density at radius 3 is 2.93 bits per heavy atom. The van der Waals surface area contributed by atoms with Crippen LogP contribution in [0.25, 0.3) is 5.65 Å². The molecule has 8 nitrogen and oxygen atoms in total. The maximum absolute atomic E-state index is 11.4. The van der Waals surface area contributed by atoms with Gasteiger partial charge in [0.15, 0.2) is 11.3 Å². The molecular weight excluding hydrogens is 187 g/mol. The maximum Gasteiger partial charge on any atom is 0.352 e. The van der Waals surface area contributed by atoms with Crippen LogP contribution in [0.15, 0.2) is 11.1 Å². The van der Waals surface area contributed by atoms with E-state index in [1.165, 1.54) is 13.4 Å². The molecule has 8 heteroatoms. The van der Waals surface area contributed by atoms with E-state index in [0.717, 1.165) is 9.08 Å². The highest BCUT2D eigenvalue weighted by molar-refractivity contribution is 5.96. The van der Waals surface area contributed by atoms with E-state index >= 15 is 0 Å². The van der Waals surface area contributed by atoms with Crippen LogP contribution in [0, 0.1) is 0 Å². The molecule has 0 bridgehead atoms. The molecule has 0 atom stereocenters. The lowest BCUT2D eigenvalue weighted by Crippen LogP contribution is -2.27. The Hall–Kier alpha value is -2.25. The fourth-order valence-electron chi connectivity index (χ4n) is 1.05.